The molecule has 1 heterocycles. The third-order valence-electron chi connectivity index (χ3n) is 2.34. The monoisotopic (exact) mass is 251 g/mol. The van der Waals surface area contributed by atoms with Gasteiger partial charge >= 0.3 is 10.1 Å². The van der Waals surface area contributed by atoms with Crippen LogP contribution in [0.5, 0.6) is 0 Å². The van der Waals surface area contributed by atoms with Gasteiger partial charge < -0.3 is 0 Å². The Bertz CT molecular complexity index is 561. The molecular weight excluding hydrogens is 238 g/mol. The summed E-state index contributed by atoms with van der Waals surface area (Å²) in [6.07, 6.45) is 6.94. The van der Waals surface area contributed by atoms with Gasteiger partial charge in [0.15, 0.2) is 0 Å². The average Bonchev–Trinajstić information content (AvgIpc) is 2.30. The predicted molar refractivity (Wildman–Crippen MR) is 64.4 cm³/mol. The van der Waals surface area contributed by atoms with E-state index in [4.69, 9.17) is 4.28 Å². The molecule has 1 aliphatic heterocycles. The Hall–Kier alpha value is -1.59. The zero-order valence-electron chi connectivity index (χ0n) is 9.41. The van der Waals surface area contributed by atoms with Crippen molar-refractivity contribution in [3.63, 3.8) is 0 Å². The van der Waals surface area contributed by atoms with E-state index >= 15 is 0 Å². The molecule has 90 valence electrons. The number of nitrogens with zero attached hydrogens (tertiary/aromatic N) is 1. The highest BCUT2D eigenvalue weighted by Crippen LogP contribution is 2.18. The molecule has 4 nitrogen and oxygen atoms in total. The number of hydrogen-bond donors (Lipinski definition) is 0. The van der Waals surface area contributed by atoms with Gasteiger partial charge in [-0.1, -0.05) is 30.4 Å². The lowest BCUT2D eigenvalue weighted by molar-refractivity contribution is 0.0119. The molecule has 2 rings (SSSR count). The van der Waals surface area contributed by atoms with Crippen molar-refractivity contribution in [1.29, 1.82) is 0 Å². The standard InChI is InChI=1S/C12H13NO3S/c1-11-7-3-4-8-12(11)17(14,15)16-13-9-5-2-6-10-13/h2-9H,10H2,1H3. The minimum atomic E-state index is -3.75. The van der Waals surface area contributed by atoms with Crippen molar-refractivity contribution < 1.29 is 12.7 Å². The van der Waals surface area contributed by atoms with Crippen LogP contribution in [0, 0.1) is 6.92 Å². The van der Waals surface area contributed by atoms with E-state index in [1.54, 1.807) is 37.4 Å². The summed E-state index contributed by atoms with van der Waals surface area (Å²) in [6, 6.07) is 6.74. The Morgan fingerprint density at radius 2 is 2.00 bits per heavy atom. The SMILES string of the molecule is Cc1ccccc1S(=O)(=O)ON1C=CC=CC1. The number of allylic oxidation sites excluding steroid dienone is 2. The van der Waals surface area contributed by atoms with E-state index in [-0.39, 0.29) is 4.90 Å². The van der Waals surface area contributed by atoms with E-state index in [0.29, 0.717) is 12.1 Å². The second-order valence-electron chi connectivity index (χ2n) is 3.66. The van der Waals surface area contributed by atoms with Crippen molar-refractivity contribution in [2.45, 2.75) is 11.8 Å². The minimum absolute atomic E-state index is 0.197. The third-order valence-corrected chi connectivity index (χ3v) is 3.73. The van der Waals surface area contributed by atoms with Gasteiger partial charge in [0, 0.05) is 6.20 Å². The minimum Gasteiger partial charge on any atom is -0.240 e. The van der Waals surface area contributed by atoms with Crippen LogP contribution in [0.2, 0.25) is 0 Å². The lowest BCUT2D eigenvalue weighted by Gasteiger charge is -2.19. The Morgan fingerprint density at radius 1 is 1.24 bits per heavy atom. The first-order valence-corrected chi connectivity index (χ1v) is 6.60. The summed E-state index contributed by atoms with van der Waals surface area (Å²) in [4.78, 5) is 0.197. The smallest absolute Gasteiger partial charge is 0.240 e. The van der Waals surface area contributed by atoms with E-state index in [9.17, 15) is 8.42 Å². The highest BCUT2D eigenvalue weighted by Gasteiger charge is 2.20. The second kappa shape index (κ2) is 4.73. The zero-order valence-corrected chi connectivity index (χ0v) is 10.2. The van der Waals surface area contributed by atoms with Gasteiger partial charge in [-0.3, -0.25) is 0 Å². The first kappa shape index (κ1) is 11.9. The molecule has 0 bridgehead atoms. The van der Waals surface area contributed by atoms with Crippen LogP contribution in [0.25, 0.3) is 0 Å². The summed E-state index contributed by atoms with van der Waals surface area (Å²) in [5.41, 5.74) is 0.670. The molecule has 0 saturated heterocycles. The first-order valence-electron chi connectivity index (χ1n) is 5.20. The van der Waals surface area contributed by atoms with Gasteiger partial charge in [-0.05, 0) is 24.6 Å². The Morgan fingerprint density at radius 3 is 2.65 bits per heavy atom. The maximum absolute atomic E-state index is 12.0. The summed E-state index contributed by atoms with van der Waals surface area (Å²) in [5.74, 6) is 0. The average molecular weight is 251 g/mol. The lowest BCUT2D eigenvalue weighted by atomic mass is 10.2. The van der Waals surface area contributed by atoms with E-state index in [2.05, 4.69) is 0 Å². The zero-order chi connectivity index (χ0) is 12.3. The van der Waals surface area contributed by atoms with Crippen LogP contribution < -0.4 is 0 Å². The van der Waals surface area contributed by atoms with Crippen LogP contribution in [0.1, 0.15) is 5.56 Å². The predicted octanol–water partition coefficient (Wildman–Crippen LogP) is 2.00. The molecule has 1 aromatic rings. The highest BCUT2D eigenvalue weighted by atomic mass is 32.2. The molecule has 0 spiro atoms. The molecule has 0 aromatic heterocycles. The van der Waals surface area contributed by atoms with Crippen molar-refractivity contribution in [1.82, 2.24) is 5.06 Å². The maximum atomic E-state index is 12.0. The van der Waals surface area contributed by atoms with Crippen LogP contribution >= 0.6 is 0 Å². The Kier molecular flexibility index (Phi) is 3.31. The largest absolute Gasteiger partial charge is 0.318 e. The molecule has 0 saturated carbocycles. The Labute approximate surface area is 101 Å². The molecular formula is C12H13NO3S. The molecule has 0 amide bonds. The fourth-order valence-corrected chi connectivity index (χ4v) is 2.66. The molecule has 0 unspecified atom stereocenters. The number of benzene rings is 1. The summed E-state index contributed by atoms with van der Waals surface area (Å²) in [7, 11) is -3.75. The molecule has 0 fully saturated rings. The normalized spacial score (nSPS) is 15.2. The van der Waals surface area contributed by atoms with Crippen molar-refractivity contribution in [2.24, 2.45) is 0 Å². The molecule has 5 heteroatoms. The van der Waals surface area contributed by atoms with Crippen LogP contribution in [0.15, 0.2) is 53.6 Å². The van der Waals surface area contributed by atoms with Crippen LogP contribution in [0.4, 0.5) is 0 Å². The topological polar surface area (TPSA) is 46.6 Å². The fraction of sp³-hybridized carbons (Fsp3) is 0.167. The van der Waals surface area contributed by atoms with Crippen LogP contribution in [-0.4, -0.2) is 20.0 Å². The lowest BCUT2D eigenvalue weighted by Crippen LogP contribution is -2.24. The number of hydroxylamine groups is 2. The second-order valence-corrected chi connectivity index (χ2v) is 5.16. The summed E-state index contributed by atoms with van der Waals surface area (Å²) in [5, 5.41) is 1.28. The van der Waals surface area contributed by atoms with Gasteiger partial charge in [0.25, 0.3) is 0 Å². The van der Waals surface area contributed by atoms with Gasteiger partial charge in [-0.2, -0.15) is 8.42 Å². The first-order chi connectivity index (χ1) is 8.09. The van der Waals surface area contributed by atoms with Gasteiger partial charge in [-0.15, -0.1) is 4.28 Å². The van der Waals surface area contributed by atoms with E-state index in [1.165, 1.54) is 11.1 Å². The van der Waals surface area contributed by atoms with Crippen molar-refractivity contribution in [2.75, 3.05) is 6.54 Å². The molecule has 1 aromatic carbocycles. The molecule has 0 N–H and O–H groups in total. The molecule has 0 atom stereocenters. The van der Waals surface area contributed by atoms with Crippen molar-refractivity contribution in [3.8, 4) is 0 Å². The summed E-state index contributed by atoms with van der Waals surface area (Å²) >= 11 is 0. The maximum Gasteiger partial charge on any atom is 0.318 e. The Balaban J connectivity index is 2.23. The fourth-order valence-electron chi connectivity index (χ4n) is 1.51. The van der Waals surface area contributed by atoms with E-state index in [1.807, 2.05) is 12.2 Å². The molecule has 17 heavy (non-hydrogen) atoms. The summed E-state index contributed by atoms with van der Waals surface area (Å²) in [6.45, 7) is 2.16. The van der Waals surface area contributed by atoms with Gasteiger partial charge in [0.2, 0.25) is 0 Å². The van der Waals surface area contributed by atoms with Crippen LogP contribution in [-0.2, 0) is 14.4 Å². The molecule has 1 aliphatic rings. The van der Waals surface area contributed by atoms with Crippen LogP contribution in [0.3, 0.4) is 0 Å². The van der Waals surface area contributed by atoms with Crippen molar-refractivity contribution >= 4 is 10.1 Å². The van der Waals surface area contributed by atoms with E-state index in [0.717, 1.165) is 0 Å². The molecule has 0 radical (unpaired) electrons. The molecule has 0 aliphatic carbocycles. The third kappa shape index (κ3) is 2.75. The quantitative estimate of drug-likeness (QED) is 0.824. The van der Waals surface area contributed by atoms with Crippen molar-refractivity contribution in [3.05, 3.63) is 54.3 Å². The number of aryl methyl sites for hydroxylation is 1. The van der Waals surface area contributed by atoms with Gasteiger partial charge in [-0.25, -0.2) is 5.06 Å². The highest BCUT2D eigenvalue weighted by molar-refractivity contribution is 7.86. The summed E-state index contributed by atoms with van der Waals surface area (Å²) < 4.78 is 29.0. The number of hydrogen-bond acceptors (Lipinski definition) is 4. The van der Waals surface area contributed by atoms with Gasteiger partial charge in [0.05, 0.1) is 11.4 Å². The van der Waals surface area contributed by atoms with E-state index < -0.39 is 10.1 Å². The number of rotatable bonds is 3. The van der Waals surface area contributed by atoms with Gasteiger partial charge in [0.1, 0.15) is 0 Å².